The van der Waals surface area contributed by atoms with Gasteiger partial charge in [-0.1, -0.05) is 68.9 Å². The largest absolute Gasteiger partial charge is 0.446 e. The van der Waals surface area contributed by atoms with Gasteiger partial charge in [-0.15, -0.1) is 11.3 Å². The number of hydrogen-bond donors (Lipinski definition) is 5. The number of anilines is 2. The van der Waals surface area contributed by atoms with E-state index in [9.17, 15) is 24.3 Å². The summed E-state index contributed by atoms with van der Waals surface area (Å²) in [6.07, 6.45) is 7.88. The lowest BCUT2D eigenvalue weighted by atomic mass is 9.85. The van der Waals surface area contributed by atoms with E-state index in [1.54, 1.807) is 22.7 Å². The van der Waals surface area contributed by atoms with Gasteiger partial charge in [-0.25, -0.2) is 14.8 Å². The number of thiazole rings is 2. The number of nitrogens with zero attached hydrogens (tertiary/aromatic N) is 5. The van der Waals surface area contributed by atoms with E-state index in [1.165, 1.54) is 11.3 Å². The van der Waals surface area contributed by atoms with Crippen molar-refractivity contribution in [3.63, 3.8) is 0 Å². The number of nitrogens with one attached hydrogen (secondary N) is 4. The first-order valence-electron chi connectivity index (χ1n) is 24.6. The van der Waals surface area contributed by atoms with Crippen molar-refractivity contribution in [1.82, 2.24) is 35.4 Å². The topological polar surface area (TPSA) is 200 Å². The molecule has 0 bridgehead atoms. The van der Waals surface area contributed by atoms with Crippen LogP contribution in [0.15, 0.2) is 60.2 Å². The molecular formula is C52H67N9O7S2. The minimum atomic E-state index is -0.933. The Labute approximate surface area is 418 Å². The lowest BCUT2D eigenvalue weighted by molar-refractivity contribution is -0.144. The van der Waals surface area contributed by atoms with E-state index in [-0.39, 0.29) is 38.1 Å². The Kier molecular flexibility index (Phi) is 16.8. The number of ether oxygens (including phenoxy) is 2. The number of carbonyl (C=O) groups is 4. The van der Waals surface area contributed by atoms with Gasteiger partial charge in [-0.3, -0.25) is 24.7 Å². The fourth-order valence-corrected chi connectivity index (χ4v) is 11.2. The summed E-state index contributed by atoms with van der Waals surface area (Å²) in [5.41, 5.74) is 8.27. The first-order chi connectivity index (χ1) is 33.7. The number of benzene rings is 2. The Morgan fingerprint density at radius 3 is 2.40 bits per heavy atom. The number of amides is 4. The molecule has 8 rings (SSSR count). The van der Waals surface area contributed by atoms with Crippen LogP contribution >= 0.6 is 22.7 Å². The fourth-order valence-electron chi connectivity index (χ4n) is 9.46. The highest BCUT2D eigenvalue weighted by atomic mass is 32.1. The smallest absolute Gasteiger partial charge is 0.411 e. The van der Waals surface area contributed by atoms with Crippen LogP contribution in [0.2, 0.25) is 0 Å². The van der Waals surface area contributed by atoms with Gasteiger partial charge in [-0.05, 0) is 112 Å². The van der Waals surface area contributed by atoms with Crippen molar-refractivity contribution in [3.05, 3.63) is 77.2 Å². The molecular weight excluding hydrogens is 927 g/mol. The molecule has 2 aliphatic heterocycles. The second kappa shape index (κ2) is 23.1. The predicted molar refractivity (Wildman–Crippen MR) is 275 cm³/mol. The normalized spacial score (nSPS) is 18.7. The van der Waals surface area contributed by atoms with Crippen molar-refractivity contribution in [3.8, 4) is 21.6 Å². The summed E-state index contributed by atoms with van der Waals surface area (Å²) in [6, 6.07) is 14.2. The van der Waals surface area contributed by atoms with Crippen LogP contribution < -0.4 is 21.3 Å². The van der Waals surface area contributed by atoms with E-state index in [0.29, 0.717) is 24.8 Å². The van der Waals surface area contributed by atoms with Crippen LogP contribution in [0.1, 0.15) is 89.1 Å². The molecule has 3 fully saturated rings. The van der Waals surface area contributed by atoms with Crippen molar-refractivity contribution in [2.24, 2.45) is 11.3 Å². The van der Waals surface area contributed by atoms with Gasteiger partial charge >= 0.3 is 6.09 Å². The molecule has 5 N–H and O–H groups in total. The van der Waals surface area contributed by atoms with Crippen LogP contribution in [0.5, 0.6) is 0 Å². The average molecular weight is 994 g/mol. The van der Waals surface area contributed by atoms with Gasteiger partial charge < -0.3 is 40.3 Å². The molecule has 0 unspecified atom stereocenters. The summed E-state index contributed by atoms with van der Waals surface area (Å²) < 4.78 is 12.6. The number of aromatic nitrogens is 3. The highest BCUT2D eigenvalue weighted by Crippen LogP contribution is 2.33. The second-order valence-electron chi connectivity index (χ2n) is 20.0. The third-order valence-electron chi connectivity index (χ3n) is 13.6. The number of rotatable bonds is 17. The van der Waals surface area contributed by atoms with Crippen molar-refractivity contribution in [2.75, 3.05) is 56.6 Å². The number of piperidine rings is 1. The van der Waals surface area contributed by atoms with Crippen molar-refractivity contribution in [1.29, 1.82) is 0 Å². The first-order valence-corrected chi connectivity index (χ1v) is 26.3. The average Bonchev–Trinajstić information content (AvgIpc) is 4.09. The lowest BCUT2D eigenvalue weighted by Crippen LogP contribution is -2.58. The van der Waals surface area contributed by atoms with Crippen molar-refractivity contribution in [2.45, 2.75) is 117 Å². The molecule has 3 aromatic heterocycles. The van der Waals surface area contributed by atoms with E-state index < -0.39 is 41.5 Å². The number of aliphatic hydroxyl groups is 1. The molecule has 5 heterocycles. The van der Waals surface area contributed by atoms with Gasteiger partial charge in [0.15, 0.2) is 5.13 Å². The predicted octanol–water partition coefficient (Wildman–Crippen LogP) is 7.93. The van der Waals surface area contributed by atoms with E-state index in [2.05, 4.69) is 42.2 Å². The zero-order chi connectivity index (χ0) is 49.4. The van der Waals surface area contributed by atoms with Crippen LogP contribution in [0.4, 0.5) is 15.6 Å². The molecule has 4 amide bonds. The highest BCUT2D eigenvalue weighted by Gasteiger charge is 2.44. The summed E-state index contributed by atoms with van der Waals surface area (Å²) >= 11 is 3.20. The molecule has 2 aromatic carbocycles. The maximum atomic E-state index is 14.1. The number of carbonyl (C=O) groups excluding carboxylic acids is 4. The lowest BCUT2D eigenvalue weighted by Gasteiger charge is -2.35. The number of fused-ring (bicyclic) bond motifs is 1. The van der Waals surface area contributed by atoms with E-state index in [4.69, 9.17) is 14.5 Å². The molecule has 16 nitrogen and oxygen atoms in total. The van der Waals surface area contributed by atoms with Crippen LogP contribution in [0, 0.1) is 25.2 Å². The maximum absolute atomic E-state index is 14.1. The number of β-amino-alcohol motifs (C(OH)–C–C–N with tert-alkyl or cyclic N) is 1. The van der Waals surface area contributed by atoms with Crippen LogP contribution in [0.3, 0.4) is 0 Å². The second-order valence-corrected chi connectivity index (χ2v) is 21.9. The summed E-state index contributed by atoms with van der Waals surface area (Å²) in [7, 11) is 0. The van der Waals surface area contributed by atoms with E-state index in [1.807, 2.05) is 88.8 Å². The molecule has 70 heavy (non-hydrogen) atoms. The van der Waals surface area contributed by atoms with Gasteiger partial charge in [-0.2, -0.15) is 0 Å². The Morgan fingerprint density at radius 1 is 0.914 bits per heavy atom. The number of aliphatic hydroxyl groups excluding tert-OH is 1. The molecule has 0 spiro atoms. The molecule has 374 valence electrons. The Balaban J connectivity index is 0.743. The minimum absolute atomic E-state index is 0.00403. The molecule has 5 aromatic rings. The van der Waals surface area contributed by atoms with Crippen molar-refractivity contribution < 1.29 is 33.8 Å². The monoisotopic (exact) mass is 993 g/mol. The third kappa shape index (κ3) is 13.3. The molecule has 3 aliphatic rings. The van der Waals surface area contributed by atoms with E-state index in [0.717, 1.165) is 112 Å². The number of pyridine rings is 1. The molecule has 18 heteroatoms. The molecule has 3 atom stereocenters. The van der Waals surface area contributed by atoms with Gasteiger partial charge in [0.1, 0.15) is 24.8 Å². The zero-order valence-electron chi connectivity index (χ0n) is 40.9. The third-order valence-corrected chi connectivity index (χ3v) is 15.6. The van der Waals surface area contributed by atoms with Gasteiger partial charge in [0.25, 0.3) is 0 Å². The SMILES string of the molecule is Cc1ncc(-c2ccc3nc(NCC4CCN(CCOCC(=O)N[C@H](C(=O)N5C[C@H](O)C[C@H]5C(=O)NCc5ccc(-c6scnc6C)cc5)C(C)(C)C)CC4)sc3c2)cc1NC(=O)OC1CCCCC1. The van der Waals surface area contributed by atoms with Crippen LogP contribution in [-0.2, 0) is 30.4 Å². The van der Waals surface area contributed by atoms with Gasteiger partial charge in [0, 0.05) is 44.4 Å². The summed E-state index contributed by atoms with van der Waals surface area (Å²) in [5, 5.41) is 23.8. The fraction of sp³-hybridized carbons (Fsp3) is 0.519. The van der Waals surface area contributed by atoms with Gasteiger partial charge in [0.2, 0.25) is 17.7 Å². The Bertz CT molecular complexity index is 2600. The molecule has 2 saturated heterocycles. The summed E-state index contributed by atoms with van der Waals surface area (Å²) in [6.45, 7) is 13.2. The minimum Gasteiger partial charge on any atom is -0.446 e. The number of hydrogen-bond acceptors (Lipinski definition) is 14. The Morgan fingerprint density at radius 2 is 1.67 bits per heavy atom. The number of likely N-dealkylation sites (tertiary alicyclic amines) is 2. The van der Waals surface area contributed by atoms with Crippen molar-refractivity contribution >= 4 is 67.5 Å². The molecule has 1 saturated carbocycles. The van der Waals surface area contributed by atoms with Crippen LogP contribution in [-0.4, -0.2) is 124 Å². The zero-order valence-corrected chi connectivity index (χ0v) is 42.6. The summed E-state index contributed by atoms with van der Waals surface area (Å²) in [4.78, 5) is 72.0. The quantitative estimate of drug-likeness (QED) is 0.0565. The van der Waals surface area contributed by atoms with E-state index >= 15 is 0 Å². The molecule has 0 radical (unpaired) electrons. The Hall–Kier alpha value is -5.53. The maximum Gasteiger partial charge on any atom is 0.411 e. The molecule has 1 aliphatic carbocycles. The van der Waals surface area contributed by atoms with Crippen LogP contribution in [0.25, 0.3) is 31.8 Å². The van der Waals surface area contributed by atoms with Gasteiger partial charge in [0.05, 0.1) is 50.4 Å². The highest BCUT2D eigenvalue weighted by molar-refractivity contribution is 7.22. The number of aryl methyl sites for hydroxylation is 2. The first kappa shape index (κ1) is 50.8. The standard InChI is InChI=1S/C52H67N9O7S2/c1-32-42(58-51(66)68-40-9-7-6-8-10-40)23-38(28-53-32)37-15-16-41-44(24-37)70-50(57-41)55-27-35-17-19-60(20-18-35)21-22-67-30-45(63)59-47(52(3,4)5)49(65)61-29-39(62)25-43(61)48(64)54-26-34-11-13-36(14-12-34)46-33(2)56-31-69-46/h11-16,23-24,28,31,35,39-40,43,47,62H,6-10,17-22,25-27,29-30H2,1-5H3,(H,54,64)(H,55,57)(H,58,66)(H,59,63)/t39-,43+,47-/m1/s1. The summed E-state index contributed by atoms with van der Waals surface area (Å²) in [5.74, 6) is -0.685.